The van der Waals surface area contributed by atoms with Gasteiger partial charge in [0.2, 0.25) is 0 Å². The lowest BCUT2D eigenvalue weighted by molar-refractivity contribution is 0.196. The third-order valence-electron chi connectivity index (χ3n) is 8.45. The SMILES string of the molecule is CC(C)(C)c1cc(C=NC(C(N=Cc2cc(C(C)(C)C)cc(C(C)(C)C)c2O)C(C)(C)C)C(C)(C)C)c(O)c(C(C)(C)C)c1. The van der Waals surface area contributed by atoms with Gasteiger partial charge in [-0.15, -0.1) is 0 Å². The summed E-state index contributed by atoms with van der Waals surface area (Å²) >= 11 is 0. The molecule has 4 nitrogen and oxygen atoms in total. The van der Waals surface area contributed by atoms with Crippen LogP contribution in [0.5, 0.6) is 11.5 Å². The molecule has 0 radical (unpaired) electrons. The van der Waals surface area contributed by atoms with E-state index in [-0.39, 0.29) is 56.1 Å². The smallest absolute Gasteiger partial charge is 0.128 e. The molecule has 2 rings (SSSR count). The summed E-state index contributed by atoms with van der Waals surface area (Å²) in [5.74, 6) is 0.577. The summed E-state index contributed by atoms with van der Waals surface area (Å²) in [7, 11) is 0. The zero-order valence-corrected chi connectivity index (χ0v) is 31.4. The van der Waals surface area contributed by atoms with Crippen molar-refractivity contribution in [2.75, 3.05) is 0 Å². The molecule has 0 saturated carbocycles. The average Bonchev–Trinajstić information content (AvgIpc) is 2.78. The Morgan fingerprint density at radius 2 is 0.727 bits per heavy atom. The highest BCUT2D eigenvalue weighted by Gasteiger charge is 2.39. The summed E-state index contributed by atoms with van der Waals surface area (Å²) in [5, 5.41) is 22.9. The summed E-state index contributed by atoms with van der Waals surface area (Å²) in [5.41, 5.74) is 4.63. The van der Waals surface area contributed by atoms with Crippen LogP contribution in [-0.4, -0.2) is 34.7 Å². The Labute approximate surface area is 270 Å². The first-order valence-electron chi connectivity index (χ1n) is 16.3. The quantitative estimate of drug-likeness (QED) is 0.333. The van der Waals surface area contributed by atoms with E-state index in [9.17, 15) is 10.2 Å². The molecule has 0 aliphatic rings. The van der Waals surface area contributed by atoms with E-state index in [1.807, 2.05) is 12.4 Å². The van der Waals surface area contributed by atoms with Gasteiger partial charge in [0.1, 0.15) is 11.5 Å². The van der Waals surface area contributed by atoms with Crippen LogP contribution in [-0.2, 0) is 21.7 Å². The van der Waals surface area contributed by atoms with Crippen molar-refractivity contribution in [1.82, 2.24) is 0 Å². The lowest BCUT2D eigenvalue weighted by Gasteiger charge is -2.39. The van der Waals surface area contributed by atoms with Crippen molar-refractivity contribution >= 4 is 12.4 Å². The molecule has 0 saturated heterocycles. The molecular weight excluding hydrogens is 540 g/mol. The first-order valence-corrected chi connectivity index (χ1v) is 16.3. The van der Waals surface area contributed by atoms with Crippen molar-refractivity contribution in [2.45, 2.75) is 158 Å². The number of benzene rings is 2. The van der Waals surface area contributed by atoms with Gasteiger partial charge >= 0.3 is 0 Å². The molecule has 2 N–H and O–H groups in total. The van der Waals surface area contributed by atoms with Crippen LogP contribution in [0.1, 0.15) is 158 Å². The van der Waals surface area contributed by atoms with Crippen LogP contribution in [0.4, 0.5) is 0 Å². The van der Waals surface area contributed by atoms with Crippen LogP contribution in [0, 0.1) is 10.8 Å². The second-order valence-corrected chi connectivity index (χ2v) is 19.1. The Morgan fingerprint density at radius 3 is 0.932 bits per heavy atom. The van der Waals surface area contributed by atoms with E-state index >= 15 is 0 Å². The number of hydrogen-bond donors (Lipinski definition) is 2. The number of aromatic hydroxyl groups is 2. The van der Waals surface area contributed by atoms with Gasteiger partial charge in [0.25, 0.3) is 0 Å². The Hall–Kier alpha value is -2.62. The highest BCUT2D eigenvalue weighted by molar-refractivity contribution is 5.86. The van der Waals surface area contributed by atoms with Crippen molar-refractivity contribution in [3.05, 3.63) is 57.6 Å². The average molecular weight is 605 g/mol. The maximum absolute atomic E-state index is 11.4. The highest BCUT2D eigenvalue weighted by Crippen LogP contribution is 2.40. The number of aliphatic imine (C=N–C) groups is 2. The maximum atomic E-state index is 11.4. The van der Waals surface area contributed by atoms with Gasteiger partial charge in [0.15, 0.2) is 0 Å². The van der Waals surface area contributed by atoms with Gasteiger partial charge in [-0.3, -0.25) is 9.98 Å². The minimum absolute atomic E-state index is 0.0759. The third-order valence-corrected chi connectivity index (χ3v) is 8.45. The van der Waals surface area contributed by atoms with Gasteiger partial charge in [-0.2, -0.15) is 0 Å². The zero-order valence-electron chi connectivity index (χ0n) is 31.4. The standard InChI is InChI=1S/C40H64N2O2/c1-35(2,3)27-19-25(31(43)29(21-27)37(7,8)9)23-41-33(39(13,14)15)34(40(16,17)18)42-24-26-20-28(36(4,5)6)22-30(32(26)44)38(10,11)12/h19-24,33-34,43-44H,1-18H3. The van der Waals surface area contributed by atoms with Crippen molar-refractivity contribution in [3.63, 3.8) is 0 Å². The first-order chi connectivity index (χ1) is 19.5. The lowest BCUT2D eigenvalue weighted by Crippen LogP contribution is -2.43. The van der Waals surface area contributed by atoms with Crippen LogP contribution in [0.2, 0.25) is 0 Å². The van der Waals surface area contributed by atoms with Crippen LogP contribution in [0.3, 0.4) is 0 Å². The van der Waals surface area contributed by atoms with E-state index < -0.39 is 0 Å². The molecule has 0 spiro atoms. The second kappa shape index (κ2) is 12.3. The molecule has 0 aliphatic carbocycles. The fourth-order valence-electron chi connectivity index (χ4n) is 5.40. The summed E-state index contributed by atoms with van der Waals surface area (Å²) in [6.07, 6.45) is 3.72. The Balaban J connectivity index is 2.79. The van der Waals surface area contributed by atoms with Crippen molar-refractivity contribution < 1.29 is 10.2 Å². The minimum atomic E-state index is -0.220. The summed E-state index contributed by atoms with van der Waals surface area (Å²) in [6.45, 7) is 39.2. The van der Waals surface area contributed by atoms with Gasteiger partial charge in [-0.1, -0.05) is 137 Å². The third kappa shape index (κ3) is 9.21. The molecule has 246 valence electrons. The monoisotopic (exact) mass is 604 g/mol. The fourth-order valence-corrected chi connectivity index (χ4v) is 5.40. The molecule has 0 fully saturated rings. The van der Waals surface area contributed by atoms with E-state index in [1.54, 1.807) is 0 Å². The number of rotatable bonds is 5. The van der Waals surface area contributed by atoms with Crippen LogP contribution >= 0.6 is 0 Å². The predicted octanol–water partition coefficient (Wildman–Crippen LogP) is 10.7. The van der Waals surface area contributed by atoms with Gasteiger partial charge in [0.05, 0.1) is 12.1 Å². The molecular formula is C40H64N2O2. The molecule has 4 heteroatoms. The molecule has 2 atom stereocenters. The van der Waals surface area contributed by atoms with E-state index in [2.05, 4.69) is 149 Å². The summed E-state index contributed by atoms with van der Waals surface area (Å²) in [6, 6.07) is 8.05. The van der Waals surface area contributed by atoms with Crippen LogP contribution in [0.25, 0.3) is 0 Å². The fraction of sp³-hybridized carbons (Fsp3) is 0.650. The molecule has 0 aliphatic heterocycles. The molecule has 0 bridgehead atoms. The topological polar surface area (TPSA) is 65.2 Å². The van der Waals surface area contributed by atoms with Crippen LogP contribution < -0.4 is 0 Å². The minimum Gasteiger partial charge on any atom is -0.507 e. The largest absolute Gasteiger partial charge is 0.507 e. The van der Waals surface area contributed by atoms with Crippen molar-refractivity contribution in [2.24, 2.45) is 20.8 Å². The van der Waals surface area contributed by atoms with E-state index in [1.165, 1.54) is 11.1 Å². The van der Waals surface area contributed by atoms with E-state index in [0.717, 1.165) is 22.3 Å². The zero-order chi connectivity index (χ0) is 34.4. The van der Waals surface area contributed by atoms with Crippen LogP contribution in [0.15, 0.2) is 34.3 Å². The Kier molecular flexibility index (Phi) is 10.5. The maximum Gasteiger partial charge on any atom is 0.128 e. The molecule has 0 aromatic heterocycles. The molecule has 0 heterocycles. The predicted molar refractivity (Wildman–Crippen MR) is 193 cm³/mol. The molecule has 2 aromatic carbocycles. The number of nitrogens with zero attached hydrogens (tertiary/aromatic N) is 2. The molecule has 2 unspecified atom stereocenters. The Bertz CT molecular complexity index is 1260. The summed E-state index contributed by atoms with van der Waals surface area (Å²) in [4.78, 5) is 10.5. The van der Waals surface area contributed by atoms with E-state index in [0.29, 0.717) is 0 Å². The van der Waals surface area contributed by atoms with Gasteiger partial charge < -0.3 is 10.2 Å². The normalized spacial score (nSPS) is 15.8. The second-order valence-electron chi connectivity index (χ2n) is 19.1. The number of phenols is 2. The summed E-state index contributed by atoms with van der Waals surface area (Å²) < 4.78 is 0. The van der Waals surface area contributed by atoms with Crippen molar-refractivity contribution in [1.29, 1.82) is 0 Å². The molecule has 0 amide bonds. The Morgan fingerprint density at radius 1 is 0.455 bits per heavy atom. The lowest BCUT2D eigenvalue weighted by atomic mass is 9.73. The number of hydrogen-bond acceptors (Lipinski definition) is 4. The molecule has 2 aromatic rings. The van der Waals surface area contributed by atoms with Gasteiger partial charge in [0, 0.05) is 34.7 Å². The van der Waals surface area contributed by atoms with Gasteiger partial charge in [-0.05, 0) is 55.7 Å². The number of phenolic OH excluding ortho intramolecular Hbond substituents is 2. The van der Waals surface area contributed by atoms with Crippen molar-refractivity contribution in [3.8, 4) is 11.5 Å². The van der Waals surface area contributed by atoms with E-state index in [4.69, 9.17) is 9.98 Å². The molecule has 44 heavy (non-hydrogen) atoms. The highest BCUT2D eigenvalue weighted by atomic mass is 16.3. The van der Waals surface area contributed by atoms with Gasteiger partial charge in [-0.25, -0.2) is 0 Å². The first kappa shape index (κ1) is 37.6.